The Hall–Kier alpha value is -8.13. The molecular formula is C61H37N. The van der Waals surface area contributed by atoms with E-state index in [9.17, 15) is 0 Å². The molecule has 0 aliphatic heterocycles. The molecule has 0 saturated heterocycles. The smallest absolute Gasteiger partial charge is 0.0788 e. The van der Waals surface area contributed by atoms with Crippen LogP contribution in [0.4, 0.5) is 0 Å². The van der Waals surface area contributed by atoms with Crippen molar-refractivity contribution in [2.45, 2.75) is 0 Å². The number of benzene rings is 12. The molecule has 0 aliphatic carbocycles. The number of pyridine rings is 1. The van der Waals surface area contributed by atoms with Gasteiger partial charge in [-0.15, -0.1) is 0 Å². The van der Waals surface area contributed by atoms with Gasteiger partial charge in [0.05, 0.1) is 11.2 Å². The van der Waals surface area contributed by atoms with E-state index < -0.39 is 0 Å². The molecule has 0 spiro atoms. The molecule has 0 N–H and O–H groups in total. The van der Waals surface area contributed by atoms with Crippen molar-refractivity contribution in [1.82, 2.24) is 4.98 Å². The second-order valence-electron chi connectivity index (χ2n) is 16.5. The standard InChI is InChI=1S/C61H37N/c1-3-20-43-40(16-1)36-55(47-24-7-5-22-45(43)47)59-51-28-10-11-29-52(51)60(56-37-41-17-2-4-21-44(41)46-23-6-8-25-48(46)56)57-35-39(32-33-53(57)59)38-18-15-19-42(34-38)61-54-30-12-9-26-49(54)50-27-13-14-31-58(50)62-61/h1-37H. The number of hydrogen-bond donors (Lipinski definition) is 0. The molecule has 0 unspecified atom stereocenters. The van der Waals surface area contributed by atoms with E-state index in [1.54, 1.807) is 0 Å². The fourth-order valence-electron chi connectivity index (χ4n) is 10.4. The van der Waals surface area contributed by atoms with E-state index in [4.69, 9.17) is 4.98 Å². The van der Waals surface area contributed by atoms with E-state index in [0.29, 0.717) is 0 Å². The van der Waals surface area contributed by atoms with E-state index in [1.165, 1.54) is 103 Å². The van der Waals surface area contributed by atoms with Gasteiger partial charge in [0, 0.05) is 16.3 Å². The lowest BCUT2D eigenvalue weighted by Crippen LogP contribution is -1.94. The van der Waals surface area contributed by atoms with Crippen molar-refractivity contribution in [2.24, 2.45) is 0 Å². The minimum Gasteiger partial charge on any atom is -0.247 e. The molecule has 286 valence electrons. The fourth-order valence-corrected chi connectivity index (χ4v) is 10.4. The van der Waals surface area contributed by atoms with Crippen molar-refractivity contribution in [2.75, 3.05) is 0 Å². The predicted octanol–water partition coefficient (Wildman–Crippen LogP) is 17.0. The Labute approximate surface area is 358 Å². The highest BCUT2D eigenvalue weighted by Gasteiger charge is 2.22. The zero-order chi connectivity index (χ0) is 40.7. The maximum Gasteiger partial charge on any atom is 0.0788 e. The van der Waals surface area contributed by atoms with Crippen LogP contribution in [-0.2, 0) is 0 Å². The van der Waals surface area contributed by atoms with Gasteiger partial charge in [-0.3, -0.25) is 0 Å². The molecule has 1 aromatic heterocycles. The Kier molecular flexibility index (Phi) is 7.67. The molecular weight excluding hydrogens is 747 g/mol. The van der Waals surface area contributed by atoms with Gasteiger partial charge >= 0.3 is 0 Å². The molecule has 12 aromatic carbocycles. The summed E-state index contributed by atoms with van der Waals surface area (Å²) >= 11 is 0. The molecule has 13 aromatic rings. The van der Waals surface area contributed by atoms with Crippen LogP contribution in [0.1, 0.15) is 0 Å². The van der Waals surface area contributed by atoms with Gasteiger partial charge in [0.2, 0.25) is 0 Å². The van der Waals surface area contributed by atoms with Crippen molar-refractivity contribution < 1.29 is 0 Å². The summed E-state index contributed by atoms with van der Waals surface area (Å²) in [6, 6.07) is 82.7. The average Bonchev–Trinajstić information content (AvgIpc) is 3.35. The zero-order valence-electron chi connectivity index (χ0n) is 33.8. The summed E-state index contributed by atoms with van der Waals surface area (Å²) in [7, 11) is 0. The first-order chi connectivity index (χ1) is 30.8. The van der Waals surface area contributed by atoms with Crippen LogP contribution in [0, 0.1) is 0 Å². The first-order valence-electron chi connectivity index (χ1n) is 21.5. The van der Waals surface area contributed by atoms with Gasteiger partial charge in [-0.1, -0.05) is 194 Å². The topological polar surface area (TPSA) is 12.9 Å². The Balaban J connectivity index is 1.14. The van der Waals surface area contributed by atoms with Crippen molar-refractivity contribution in [3.63, 3.8) is 0 Å². The van der Waals surface area contributed by atoms with Crippen LogP contribution in [0.3, 0.4) is 0 Å². The van der Waals surface area contributed by atoms with Crippen LogP contribution >= 0.6 is 0 Å². The van der Waals surface area contributed by atoms with Gasteiger partial charge in [0.1, 0.15) is 0 Å². The molecule has 1 nitrogen and oxygen atoms in total. The highest BCUT2D eigenvalue weighted by molar-refractivity contribution is 6.28. The first kappa shape index (κ1) is 34.7. The van der Waals surface area contributed by atoms with E-state index in [0.717, 1.165) is 27.7 Å². The lowest BCUT2D eigenvalue weighted by molar-refractivity contribution is 1.43. The molecule has 1 heterocycles. The summed E-state index contributed by atoms with van der Waals surface area (Å²) in [6.45, 7) is 0. The summed E-state index contributed by atoms with van der Waals surface area (Å²) in [5, 5.41) is 18.6. The average molecular weight is 784 g/mol. The molecule has 0 radical (unpaired) electrons. The number of nitrogens with zero attached hydrogens (tertiary/aromatic N) is 1. The highest BCUT2D eigenvalue weighted by atomic mass is 14.7. The quantitative estimate of drug-likeness (QED) is 0.128. The van der Waals surface area contributed by atoms with Crippen LogP contribution in [0.5, 0.6) is 0 Å². The van der Waals surface area contributed by atoms with Gasteiger partial charge < -0.3 is 0 Å². The van der Waals surface area contributed by atoms with Crippen LogP contribution < -0.4 is 0 Å². The Morgan fingerprint density at radius 2 is 0.645 bits per heavy atom. The monoisotopic (exact) mass is 783 g/mol. The van der Waals surface area contributed by atoms with Crippen molar-refractivity contribution >= 4 is 86.3 Å². The predicted molar refractivity (Wildman–Crippen MR) is 266 cm³/mol. The molecule has 0 amide bonds. The summed E-state index contributed by atoms with van der Waals surface area (Å²) in [5.74, 6) is 0. The lowest BCUT2D eigenvalue weighted by atomic mass is 9.81. The third-order valence-electron chi connectivity index (χ3n) is 13.2. The maximum atomic E-state index is 5.29. The minimum absolute atomic E-state index is 1.00. The normalized spacial score (nSPS) is 11.9. The zero-order valence-corrected chi connectivity index (χ0v) is 33.8. The Bertz CT molecular complexity index is 3990. The summed E-state index contributed by atoms with van der Waals surface area (Å²) in [4.78, 5) is 5.29. The molecule has 62 heavy (non-hydrogen) atoms. The number of para-hydroxylation sites is 1. The van der Waals surface area contributed by atoms with E-state index in [1.807, 2.05) is 0 Å². The van der Waals surface area contributed by atoms with Crippen molar-refractivity contribution in [3.8, 4) is 44.6 Å². The number of hydrogen-bond acceptors (Lipinski definition) is 1. The largest absolute Gasteiger partial charge is 0.247 e. The first-order valence-corrected chi connectivity index (χ1v) is 21.5. The van der Waals surface area contributed by atoms with Crippen LogP contribution in [0.25, 0.3) is 131 Å². The number of rotatable bonds is 4. The number of fused-ring (bicyclic) bond motifs is 11. The third-order valence-corrected chi connectivity index (χ3v) is 13.2. The highest BCUT2D eigenvalue weighted by Crippen LogP contribution is 2.49. The van der Waals surface area contributed by atoms with E-state index in [2.05, 4.69) is 224 Å². The van der Waals surface area contributed by atoms with Crippen LogP contribution in [0.15, 0.2) is 224 Å². The van der Waals surface area contributed by atoms with Gasteiger partial charge in [-0.25, -0.2) is 4.98 Å². The molecule has 0 saturated carbocycles. The third kappa shape index (κ3) is 5.25. The molecule has 0 bridgehead atoms. The van der Waals surface area contributed by atoms with E-state index in [-0.39, 0.29) is 0 Å². The second kappa shape index (κ2) is 13.7. The maximum absolute atomic E-state index is 5.29. The minimum atomic E-state index is 1.00. The van der Waals surface area contributed by atoms with E-state index >= 15 is 0 Å². The van der Waals surface area contributed by atoms with Gasteiger partial charge in [0.25, 0.3) is 0 Å². The van der Waals surface area contributed by atoms with Gasteiger partial charge in [0.15, 0.2) is 0 Å². The Morgan fingerprint density at radius 3 is 1.26 bits per heavy atom. The van der Waals surface area contributed by atoms with Crippen molar-refractivity contribution in [1.29, 1.82) is 0 Å². The van der Waals surface area contributed by atoms with Gasteiger partial charge in [-0.2, -0.15) is 0 Å². The number of aromatic nitrogens is 1. The summed E-state index contributed by atoms with van der Waals surface area (Å²) in [6.07, 6.45) is 0. The van der Waals surface area contributed by atoms with Crippen LogP contribution in [0.2, 0.25) is 0 Å². The molecule has 0 aliphatic rings. The SMILES string of the molecule is c1cc(-c2ccc3c(-c4cc5ccccc5c5ccccc45)c4ccccc4c(-c4cc5ccccc5c5ccccc45)c3c2)cc(-c2nc3ccccc3c3ccccc23)c1. The molecule has 1 heteroatoms. The molecule has 13 rings (SSSR count). The molecule has 0 atom stereocenters. The van der Waals surface area contributed by atoms with Gasteiger partial charge in [-0.05, 0) is 134 Å². The summed E-state index contributed by atoms with van der Waals surface area (Å²) in [5.41, 5.74) is 10.4. The molecule has 0 fully saturated rings. The second-order valence-corrected chi connectivity index (χ2v) is 16.5. The Morgan fingerprint density at radius 1 is 0.226 bits per heavy atom. The summed E-state index contributed by atoms with van der Waals surface area (Å²) < 4.78 is 0. The van der Waals surface area contributed by atoms with Crippen molar-refractivity contribution in [3.05, 3.63) is 224 Å². The lowest BCUT2D eigenvalue weighted by Gasteiger charge is -2.21. The fraction of sp³-hybridized carbons (Fsp3) is 0. The van der Waals surface area contributed by atoms with Crippen LogP contribution in [-0.4, -0.2) is 4.98 Å².